The van der Waals surface area contributed by atoms with Crippen LogP contribution in [0.3, 0.4) is 0 Å². The van der Waals surface area contributed by atoms with Crippen molar-refractivity contribution in [3.05, 3.63) is 134 Å². The summed E-state index contributed by atoms with van der Waals surface area (Å²) >= 11 is 0. The van der Waals surface area contributed by atoms with E-state index < -0.39 is 97.5 Å². The van der Waals surface area contributed by atoms with Crippen LogP contribution < -0.4 is 0 Å². The molecule has 0 saturated carbocycles. The van der Waals surface area contributed by atoms with Gasteiger partial charge in [0.1, 0.15) is 19.3 Å². The molecule has 19 heteroatoms. The second-order valence-electron chi connectivity index (χ2n) is 27.3. The third-order valence-corrected chi connectivity index (χ3v) is 19.0. The van der Waals surface area contributed by atoms with Gasteiger partial charge in [-0.1, -0.05) is 283 Å². The highest BCUT2D eigenvalue weighted by Gasteiger charge is 2.30. The van der Waals surface area contributed by atoms with Crippen LogP contribution >= 0.6 is 15.6 Å². The fourth-order valence-corrected chi connectivity index (χ4v) is 12.3. The van der Waals surface area contributed by atoms with E-state index in [4.69, 9.17) is 37.0 Å². The van der Waals surface area contributed by atoms with Gasteiger partial charge in [0.25, 0.3) is 0 Å². The second-order valence-corrected chi connectivity index (χ2v) is 30.2. The molecule has 0 aliphatic rings. The van der Waals surface area contributed by atoms with Gasteiger partial charge in [-0.25, -0.2) is 9.13 Å². The number of hydrogen-bond acceptors (Lipinski definition) is 15. The zero-order valence-electron chi connectivity index (χ0n) is 66.6. The topological polar surface area (TPSA) is 237 Å². The van der Waals surface area contributed by atoms with E-state index in [0.717, 1.165) is 167 Å². The highest BCUT2D eigenvalue weighted by molar-refractivity contribution is 7.47. The number of rotatable bonds is 77. The largest absolute Gasteiger partial charge is 0.472 e. The van der Waals surface area contributed by atoms with Crippen LogP contribution in [0.1, 0.15) is 336 Å². The Bertz CT molecular complexity index is 2530. The molecule has 0 fully saturated rings. The van der Waals surface area contributed by atoms with Crippen LogP contribution in [0.5, 0.6) is 0 Å². The van der Waals surface area contributed by atoms with Crippen molar-refractivity contribution in [3.63, 3.8) is 0 Å². The first kappa shape index (κ1) is 101. The van der Waals surface area contributed by atoms with Crippen LogP contribution in [0, 0.1) is 0 Å². The highest BCUT2D eigenvalue weighted by Crippen LogP contribution is 2.45. The second kappa shape index (κ2) is 78.3. The van der Waals surface area contributed by atoms with Gasteiger partial charge in [0.15, 0.2) is 12.2 Å². The zero-order chi connectivity index (χ0) is 77.4. The lowest BCUT2D eigenvalue weighted by molar-refractivity contribution is -0.161. The van der Waals surface area contributed by atoms with Crippen molar-refractivity contribution in [1.82, 2.24) is 0 Å². The van der Waals surface area contributed by atoms with Crippen molar-refractivity contribution in [1.29, 1.82) is 0 Å². The standard InChI is InChI=1S/C87H148O17P2/c1-5-9-13-17-21-25-29-33-37-39-40-42-45-48-52-56-60-64-68-72-85(90)98-78-82(103-86(91)73-69-65-61-57-53-49-44-36-32-28-24-20-16-12-8-4)79-101-105(93,94)99-75-81(88)76-100-106(95,96)102-80-83(77-97-84(89)71-67-63-59-55-51-47-43-35-31-27-23-19-15-11-7-3)104-87(92)74-70-66-62-58-54-50-46-41-38-34-30-26-22-18-14-10-6-2/h9,13,21-22,25-28,31-34,37-38,40,42,46,48,50,52,58,62,81-83,88H,5-8,10-12,14-20,23-24,29-30,35-36,39,41,43-45,47,49,51,53-57,59-61,63-80H2,1-4H3,(H,93,94)(H,95,96)/b13-9-,25-21-,26-22-,31-27-,32-28-,37-33-,38-34-,42-40-,50-46-,52-48-,62-58-/t81-,82-,83-/m1/s1. The fraction of sp³-hybridized carbons (Fsp3) is 0.701. The monoisotopic (exact) mass is 1530 g/mol. The predicted molar refractivity (Wildman–Crippen MR) is 436 cm³/mol. The van der Waals surface area contributed by atoms with Crippen LogP contribution in [0.4, 0.5) is 0 Å². The first-order valence-electron chi connectivity index (χ1n) is 41.4. The summed E-state index contributed by atoms with van der Waals surface area (Å²) in [4.78, 5) is 73.1. The lowest BCUT2D eigenvalue weighted by Crippen LogP contribution is -2.30. The molecule has 0 aromatic heterocycles. The molecule has 106 heavy (non-hydrogen) atoms. The van der Waals surface area contributed by atoms with E-state index in [-0.39, 0.29) is 25.7 Å². The average molecular weight is 1530 g/mol. The molecule has 0 bridgehead atoms. The van der Waals surface area contributed by atoms with Gasteiger partial charge in [-0.15, -0.1) is 0 Å². The molecular weight excluding hydrogens is 1380 g/mol. The van der Waals surface area contributed by atoms with E-state index in [1.54, 1.807) is 0 Å². The molecule has 0 spiro atoms. The number of unbranched alkanes of at least 4 members (excludes halogenated alkanes) is 29. The number of carbonyl (C=O) groups excluding carboxylic acids is 4. The molecule has 608 valence electrons. The Kier molecular flexibility index (Phi) is 74.8. The number of ether oxygens (including phenoxy) is 4. The molecule has 0 aromatic carbocycles. The smallest absolute Gasteiger partial charge is 0.462 e. The average Bonchev–Trinajstić information content (AvgIpc) is 0.905. The molecular formula is C87H148O17P2. The fourth-order valence-electron chi connectivity index (χ4n) is 10.8. The summed E-state index contributed by atoms with van der Waals surface area (Å²) in [5.41, 5.74) is 0. The van der Waals surface area contributed by atoms with E-state index in [0.29, 0.717) is 32.1 Å². The SMILES string of the molecule is CC/C=C\C/C=C\C/C=C\C/C=C\C/C=C\CCCCCC(=O)OC[C@H](COP(=O)(O)OC[C@@H](O)COP(=O)(O)OC[C@@H](COC(=O)CCCCCCCCC/C=C\CCCCCC)OC(=O)CCC/C=C\C/C=C\C/C=C\C/C=C\CCCCC)OC(=O)CCCCCCCCC/C=C\CCCCCC. The third-order valence-electron chi connectivity index (χ3n) is 17.1. The number of carbonyl (C=O) groups is 4. The number of allylic oxidation sites excluding steroid dienone is 22. The van der Waals surface area contributed by atoms with E-state index in [9.17, 15) is 43.2 Å². The minimum atomic E-state index is -5.00. The Morgan fingerprint density at radius 2 is 0.500 bits per heavy atom. The molecule has 0 saturated heterocycles. The first-order valence-corrected chi connectivity index (χ1v) is 44.4. The number of esters is 4. The number of aliphatic hydroxyl groups excluding tert-OH is 1. The van der Waals surface area contributed by atoms with Crippen molar-refractivity contribution in [2.75, 3.05) is 39.6 Å². The Balaban J connectivity index is 5.45. The molecule has 2 unspecified atom stereocenters. The number of phosphoric acid groups is 2. The van der Waals surface area contributed by atoms with Gasteiger partial charge in [-0.3, -0.25) is 37.3 Å². The van der Waals surface area contributed by atoms with Gasteiger partial charge in [-0.05, 0) is 161 Å². The Morgan fingerprint density at radius 1 is 0.274 bits per heavy atom. The van der Waals surface area contributed by atoms with Crippen LogP contribution in [0.15, 0.2) is 134 Å². The molecule has 0 heterocycles. The number of hydrogen-bond donors (Lipinski definition) is 3. The van der Waals surface area contributed by atoms with Gasteiger partial charge >= 0.3 is 39.5 Å². The lowest BCUT2D eigenvalue weighted by Gasteiger charge is -2.21. The molecule has 0 rings (SSSR count). The molecule has 0 aromatic rings. The third kappa shape index (κ3) is 77.4. The number of phosphoric ester groups is 2. The number of aliphatic hydroxyl groups is 1. The van der Waals surface area contributed by atoms with Crippen molar-refractivity contribution < 1.29 is 80.2 Å². The quantitative estimate of drug-likeness (QED) is 0.0169. The van der Waals surface area contributed by atoms with Crippen molar-refractivity contribution in [2.24, 2.45) is 0 Å². The first-order chi connectivity index (χ1) is 51.7. The Labute approximate surface area is 644 Å². The molecule has 0 radical (unpaired) electrons. The summed E-state index contributed by atoms with van der Waals surface area (Å²) in [7, 11) is -9.99. The van der Waals surface area contributed by atoms with Gasteiger partial charge in [0.2, 0.25) is 0 Å². The maximum Gasteiger partial charge on any atom is 0.472 e. The molecule has 0 aliphatic heterocycles. The van der Waals surface area contributed by atoms with Crippen LogP contribution in [-0.2, 0) is 65.4 Å². The molecule has 5 atom stereocenters. The molecule has 17 nitrogen and oxygen atoms in total. The van der Waals surface area contributed by atoms with Crippen LogP contribution in [0.25, 0.3) is 0 Å². The maximum atomic E-state index is 13.1. The van der Waals surface area contributed by atoms with E-state index in [2.05, 4.69) is 149 Å². The van der Waals surface area contributed by atoms with Gasteiger partial charge < -0.3 is 33.8 Å². The molecule has 3 N–H and O–H groups in total. The van der Waals surface area contributed by atoms with Crippen LogP contribution in [0.2, 0.25) is 0 Å². The van der Waals surface area contributed by atoms with E-state index in [1.165, 1.54) is 83.5 Å². The van der Waals surface area contributed by atoms with Crippen LogP contribution in [-0.4, -0.2) is 96.7 Å². The van der Waals surface area contributed by atoms with Gasteiger partial charge in [0, 0.05) is 25.7 Å². The summed E-state index contributed by atoms with van der Waals surface area (Å²) in [5, 5.41) is 10.7. The van der Waals surface area contributed by atoms with Crippen molar-refractivity contribution in [2.45, 2.75) is 354 Å². The summed E-state index contributed by atoms with van der Waals surface area (Å²) in [6.07, 6.45) is 88.5. The summed E-state index contributed by atoms with van der Waals surface area (Å²) < 4.78 is 68.6. The zero-order valence-corrected chi connectivity index (χ0v) is 68.4. The molecule has 0 amide bonds. The van der Waals surface area contributed by atoms with Crippen molar-refractivity contribution in [3.8, 4) is 0 Å². The Morgan fingerprint density at radius 3 is 0.830 bits per heavy atom. The lowest BCUT2D eigenvalue weighted by atomic mass is 10.1. The normalized spacial score (nSPS) is 14.5. The van der Waals surface area contributed by atoms with E-state index in [1.807, 2.05) is 12.2 Å². The predicted octanol–water partition coefficient (Wildman–Crippen LogP) is 24.4. The van der Waals surface area contributed by atoms with E-state index >= 15 is 0 Å². The van der Waals surface area contributed by atoms with Crippen molar-refractivity contribution >= 4 is 39.5 Å². The minimum Gasteiger partial charge on any atom is -0.462 e. The van der Waals surface area contributed by atoms with Gasteiger partial charge in [0.05, 0.1) is 26.4 Å². The highest BCUT2D eigenvalue weighted by atomic mass is 31.2. The Hall–Kier alpha value is -4.80. The summed E-state index contributed by atoms with van der Waals surface area (Å²) in [6.45, 7) is 4.63. The maximum absolute atomic E-state index is 13.1. The summed E-state index contributed by atoms with van der Waals surface area (Å²) in [6, 6.07) is 0. The van der Waals surface area contributed by atoms with Gasteiger partial charge in [-0.2, -0.15) is 0 Å². The minimum absolute atomic E-state index is 0.0160. The summed E-state index contributed by atoms with van der Waals surface area (Å²) in [5.74, 6) is -2.28. The molecule has 0 aliphatic carbocycles.